The number of carbonyl (C=O) groups excluding carboxylic acids is 1. The predicted molar refractivity (Wildman–Crippen MR) is 124 cm³/mol. The second-order valence-electron chi connectivity index (χ2n) is 8.11. The maximum absolute atomic E-state index is 13.2. The van der Waals surface area contributed by atoms with Crippen LogP contribution >= 0.6 is 0 Å². The lowest BCUT2D eigenvalue weighted by atomic mass is 9.96. The molecule has 33 heavy (non-hydrogen) atoms. The Morgan fingerprint density at radius 1 is 1.12 bits per heavy atom. The molecule has 1 atom stereocenters. The van der Waals surface area contributed by atoms with Crippen molar-refractivity contribution in [2.75, 3.05) is 20.2 Å². The molecule has 1 saturated heterocycles. The highest BCUT2D eigenvalue weighted by Gasteiger charge is 2.33. The number of methoxy groups -OCH3 is 1. The third-order valence-corrected chi connectivity index (χ3v) is 7.95. The molecule has 0 spiro atoms. The van der Waals surface area contributed by atoms with Crippen molar-refractivity contribution >= 4 is 15.9 Å². The topological polar surface area (TPSA) is 93.5 Å². The maximum Gasteiger partial charge on any atom is 0.243 e. The number of rotatable bonds is 7. The zero-order valence-electron chi connectivity index (χ0n) is 18.7. The summed E-state index contributed by atoms with van der Waals surface area (Å²) in [6.07, 6.45) is 4.45. The monoisotopic (exact) mass is 468 g/mol. The van der Waals surface area contributed by atoms with Crippen molar-refractivity contribution in [3.05, 3.63) is 78.4 Å². The molecule has 0 radical (unpaired) electrons. The van der Waals surface area contributed by atoms with Gasteiger partial charge in [0.05, 0.1) is 12.0 Å². The molecule has 1 fully saturated rings. The Morgan fingerprint density at radius 2 is 1.85 bits per heavy atom. The predicted octanol–water partition coefficient (Wildman–Crippen LogP) is 2.74. The minimum absolute atomic E-state index is 0.109. The van der Waals surface area contributed by atoms with Gasteiger partial charge in [0.15, 0.2) is 0 Å². The average molecular weight is 469 g/mol. The first-order valence-corrected chi connectivity index (χ1v) is 12.3. The van der Waals surface area contributed by atoms with Gasteiger partial charge in [-0.05, 0) is 42.7 Å². The van der Waals surface area contributed by atoms with E-state index in [2.05, 4.69) is 10.3 Å². The Labute approximate surface area is 194 Å². The first-order valence-electron chi connectivity index (χ1n) is 10.9. The normalized spacial score (nSPS) is 16.3. The molecule has 8 nitrogen and oxygen atoms in total. The second-order valence-corrected chi connectivity index (χ2v) is 10.0. The summed E-state index contributed by atoms with van der Waals surface area (Å²) in [5.74, 6) is 1.02. The molecule has 9 heteroatoms. The molecule has 0 aliphatic carbocycles. The van der Waals surface area contributed by atoms with Gasteiger partial charge in [-0.15, -0.1) is 0 Å². The molecule has 1 aliphatic heterocycles. The van der Waals surface area contributed by atoms with Crippen LogP contribution in [-0.2, 0) is 21.9 Å². The van der Waals surface area contributed by atoms with Crippen LogP contribution in [0.1, 0.15) is 30.3 Å². The number of benzene rings is 2. The molecule has 4 rings (SSSR count). The van der Waals surface area contributed by atoms with Gasteiger partial charge in [-0.25, -0.2) is 13.4 Å². The highest BCUT2D eigenvalue weighted by atomic mass is 32.2. The van der Waals surface area contributed by atoms with Gasteiger partial charge in [0.1, 0.15) is 17.6 Å². The summed E-state index contributed by atoms with van der Waals surface area (Å²) in [5.41, 5.74) is 0.862. The van der Waals surface area contributed by atoms with Crippen molar-refractivity contribution in [1.29, 1.82) is 0 Å². The number of hydrogen-bond donors (Lipinski definition) is 1. The lowest BCUT2D eigenvalue weighted by Gasteiger charge is -2.31. The highest BCUT2D eigenvalue weighted by molar-refractivity contribution is 7.89. The summed E-state index contributed by atoms with van der Waals surface area (Å²) >= 11 is 0. The average Bonchev–Trinajstić information content (AvgIpc) is 3.28. The molecular formula is C24H28N4O4S. The molecule has 2 heterocycles. The summed E-state index contributed by atoms with van der Waals surface area (Å²) in [6, 6.07) is 15.5. The van der Waals surface area contributed by atoms with E-state index in [-0.39, 0.29) is 16.7 Å². The van der Waals surface area contributed by atoms with Gasteiger partial charge < -0.3 is 14.6 Å². The number of nitrogens with one attached hydrogen (secondary N) is 1. The standard InChI is InChI=1S/C24H28N4O4S/c1-27-16-13-25-23(27)22(19-7-6-8-20(17-19)32-2)26-24(29)18-11-14-28(15-12-18)33(30,31)21-9-4-3-5-10-21/h3-10,13,16-18,22H,11-12,14-15H2,1-2H3,(H,26,29). The van der Waals surface area contributed by atoms with Crippen molar-refractivity contribution in [3.8, 4) is 5.75 Å². The molecular weight excluding hydrogens is 440 g/mol. The van der Waals surface area contributed by atoms with Gasteiger partial charge in [0, 0.05) is 38.4 Å². The van der Waals surface area contributed by atoms with E-state index in [0.29, 0.717) is 37.5 Å². The molecule has 1 unspecified atom stereocenters. The number of aryl methyl sites for hydroxylation is 1. The summed E-state index contributed by atoms with van der Waals surface area (Å²) < 4.78 is 34.5. The number of imidazole rings is 1. The Morgan fingerprint density at radius 3 is 2.48 bits per heavy atom. The molecule has 0 saturated carbocycles. The van der Waals surface area contributed by atoms with E-state index < -0.39 is 16.1 Å². The smallest absolute Gasteiger partial charge is 0.243 e. The van der Waals surface area contributed by atoms with Gasteiger partial charge in [-0.2, -0.15) is 4.31 Å². The molecule has 3 aromatic rings. The lowest BCUT2D eigenvalue weighted by Crippen LogP contribution is -2.44. The van der Waals surface area contributed by atoms with Gasteiger partial charge in [0.2, 0.25) is 15.9 Å². The fraction of sp³-hybridized carbons (Fsp3) is 0.333. The Bertz CT molecular complexity index is 1200. The van der Waals surface area contributed by atoms with Crippen LogP contribution in [0.4, 0.5) is 0 Å². The van der Waals surface area contributed by atoms with Gasteiger partial charge in [0.25, 0.3) is 0 Å². The number of sulfonamides is 1. The van der Waals surface area contributed by atoms with E-state index >= 15 is 0 Å². The summed E-state index contributed by atoms with van der Waals surface area (Å²) in [5, 5.41) is 3.14. The van der Waals surface area contributed by atoms with Crippen molar-refractivity contribution in [1.82, 2.24) is 19.2 Å². The summed E-state index contributed by atoms with van der Waals surface area (Å²) in [7, 11) is -0.0661. The van der Waals surface area contributed by atoms with Crippen molar-refractivity contribution in [2.24, 2.45) is 13.0 Å². The zero-order chi connectivity index (χ0) is 23.4. The van der Waals surface area contributed by atoms with Crippen LogP contribution in [0, 0.1) is 5.92 Å². The number of ether oxygens (including phenoxy) is 1. The van der Waals surface area contributed by atoms with Gasteiger partial charge in [-0.1, -0.05) is 30.3 Å². The van der Waals surface area contributed by atoms with Crippen molar-refractivity contribution in [3.63, 3.8) is 0 Å². The van der Waals surface area contributed by atoms with Gasteiger partial charge >= 0.3 is 0 Å². The second kappa shape index (κ2) is 9.76. The van der Waals surface area contributed by atoms with E-state index in [9.17, 15) is 13.2 Å². The molecule has 1 aromatic heterocycles. The lowest BCUT2D eigenvalue weighted by molar-refractivity contribution is -0.126. The van der Waals surface area contributed by atoms with Crippen molar-refractivity contribution < 1.29 is 17.9 Å². The maximum atomic E-state index is 13.2. The van der Waals surface area contributed by atoms with Crippen LogP contribution in [0.15, 0.2) is 71.9 Å². The Kier molecular flexibility index (Phi) is 6.80. The number of nitrogens with zero attached hydrogens (tertiary/aromatic N) is 3. The molecule has 1 aliphatic rings. The fourth-order valence-corrected chi connectivity index (χ4v) is 5.62. The molecule has 0 bridgehead atoms. The van der Waals surface area contributed by atoms with E-state index in [4.69, 9.17) is 4.74 Å². The number of carbonyl (C=O) groups is 1. The molecule has 1 N–H and O–H groups in total. The minimum atomic E-state index is -3.55. The van der Waals surface area contributed by atoms with Crippen LogP contribution < -0.4 is 10.1 Å². The third-order valence-electron chi connectivity index (χ3n) is 6.04. The van der Waals surface area contributed by atoms with Crippen LogP contribution in [0.25, 0.3) is 0 Å². The van der Waals surface area contributed by atoms with Crippen LogP contribution in [0.5, 0.6) is 5.75 Å². The number of aromatic nitrogens is 2. The number of piperidine rings is 1. The van der Waals surface area contributed by atoms with Crippen molar-refractivity contribution in [2.45, 2.75) is 23.8 Å². The fourth-order valence-electron chi connectivity index (χ4n) is 4.13. The zero-order valence-corrected chi connectivity index (χ0v) is 19.5. The number of hydrogen-bond acceptors (Lipinski definition) is 5. The van der Waals surface area contributed by atoms with E-state index in [1.165, 1.54) is 4.31 Å². The van der Waals surface area contributed by atoms with Crippen LogP contribution in [0.2, 0.25) is 0 Å². The van der Waals surface area contributed by atoms with Gasteiger partial charge in [-0.3, -0.25) is 4.79 Å². The quantitative estimate of drug-likeness (QED) is 0.576. The SMILES string of the molecule is COc1cccc(C(NC(=O)C2CCN(S(=O)(=O)c3ccccc3)CC2)c2nccn2C)c1. The highest BCUT2D eigenvalue weighted by Crippen LogP contribution is 2.27. The first-order chi connectivity index (χ1) is 15.9. The van der Waals surface area contributed by atoms with E-state index in [1.54, 1.807) is 43.6 Å². The molecule has 1 amide bonds. The molecule has 2 aromatic carbocycles. The number of amides is 1. The summed E-state index contributed by atoms with van der Waals surface area (Å²) in [6.45, 7) is 0.614. The minimum Gasteiger partial charge on any atom is -0.497 e. The Balaban J connectivity index is 1.48. The van der Waals surface area contributed by atoms with E-state index in [1.807, 2.05) is 42.1 Å². The van der Waals surface area contributed by atoms with E-state index in [0.717, 1.165) is 5.56 Å². The van der Waals surface area contributed by atoms with Crippen LogP contribution in [-0.4, -0.2) is 48.4 Å². The Hall–Kier alpha value is -3.17. The third kappa shape index (κ3) is 4.94. The summed E-state index contributed by atoms with van der Waals surface area (Å²) in [4.78, 5) is 17.9. The first kappa shape index (κ1) is 23.0. The largest absolute Gasteiger partial charge is 0.497 e. The molecule has 174 valence electrons. The van der Waals surface area contributed by atoms with Crippen LogP contribution in [0.3, 0.4) is 0 Å².